The zero-order valence-corrected chi connectivity index (χ0v) is 11.2. The number of carbonyl (C=O) groups excluding carboxylic acids is 1. The van der Waals surface area contributed by atoms with Gasteiger partial charge in [-0.15, -0.1) is 0 Å². The van der Waals surface area contributed by atoms with E-state index in [1.165, 1.54) is 12.1 Å². The number of imidazole rings is 1. The summed E-state index contributed by atoms with van der Waals surface area (Å²) in [5.41, 5.74) is 2.62. The minimum Gasteiger partial charge on any atom is -0.346 e. The predicted octanol–water partition coefficient (Wildman–Crippen LogP) is 2.60. The highest BCUT2D eigenvalue weighted by atomic mass is 19.1. The lowest BCUT2D eigenvalue weighted by Crippen LogP contribution is -2.28. The Kier molecular flexibility index (Phi) is 3.26. The first-order chi connectivity index (χ1) is 9.61. The zero-order valence-electron chi connectivity index (χ0n) is 11.2. The van der Waals surface area contributed by atoms with Crippen LogP contribution in [0.4, 0.5) is 10.1 Å². The van der Waals surface area contributed by atoms with Gasteiger partial charge in [-0.05, 0) is 38.0 Å². The fraction of sp³-hybridized carbons (Fsp3) is 0.333. The molecule has 1 amide bonds. The summed E-state index contributed by atoms with van der Waals surface area (Å²) in [6.07, 6.45) is 2.25. The topological polar surface area (TPSA) is 57.8 Å². The number of aryl methyl sites for hydroxylation is 2. The van der Waals surface area contributed by atoms with Gasteiger partial charge >= 0.3 is 0 Å². The van der Waals surface area contributed by atoms with Crippen molar-refractivity contribution in [2.24, 2.45) is 5.92 Å². The quantitative estimate of drug-likeness (QED) is 0.883. The molecule has 104 valence electrons. The fourth-order valence-corrected chi connectivity index (χ4v) is 2.66. The van der Waals surface area contributed by atoms with E-state index in [4.69, 9.17) is 0 Å². The molecule has 1 aliphatic rings. The van der Waals surface area contributed by atoms with Crippen molar-refractivity contribution in [2.45, 2.75) is 26.2 Å². The molecule has 4 nitrogen and oxygen atoms in total. The number of benzene rings is 1. The van der Waals surface area contributed by atoms with Gasteiger partial charge in [-0.1, -0.05) is 6.07 Å². The number of carbonyl (C=O) groups is 1. The van der Waals surface area contributed by atoms with Crippen molar-refractivity contribution in [2.75, 3.05) is 5.32 Å². The van der Waals surface area contributed by atoms with E-state index in [0.29, 0.717) is 12.1 Å². The highest BCUT2D eigenvalue weighted by Gasteiger charge is 2.26. The van der Waals surface area contributed by atoms with Crippen LogP contribution < -0.4 is 5.32 Å². The summed E-state index contributed by atoms with van der Waals surface area (Å²) in [6, 6.07) is 5.96. The van der Waals surface area contributed by atoms with Crippen LogP contribution in [0.2, 0.25) is 0 Å². The molecule has 0 radical (unpaired) electrons. The van der Waals surface area contributed by atoms with E-state index < -0.39 is 0 Å². The van der Waals surface area contributed by atoms with Crippen LogP contribution in [0.3, 0.4) is 0 Å². The highest BCUT2D eigenvalue weighted by Crippen LogP contribution is 2.25. The largest absolute Gasteiger partial charge is 0.346 e. The van der Waals surface area contributed by atoms with Crippen molar-refractivity contribution in [1.82, 2.24) is 9.97 Å². The second kappa shape index (κ2) is 5.07. The molecule has 1 heterocycles. The number of aromatic nitrogens is 2. The molecule has 2 aromatic rings. The molecular formula is C15H16FN3O. The minimum atomic E-state index is -0.349. The summed E-state index contributed by atoms with van der Waals surface area (Å²) in [7, 11) is 0. The lowest BCUT2D eigenvalue weighted by molar-refractivity contribution is -0.120. The Labute approximate surface area is 116 Å². The number of fused-ring (bicyclic) bond motifs is 1. The first-order valence-corrected chi connectivity index (χ1v) is 6.72. The van der Waals surface area contributed by atoms with Crippen LogP contribution in [0.5, 0.6) is 0 Å². The van der Waals surface area contributed by atoms with Gasteiger partial charge in [-0.2, -0.15) is 0 Å². The van der Waals surface area contributed by atoms with Gasteiger partial charge in [0.05, 0.1) is 5.69 Å². The third kappa shape index (κ3) is 2.57. The van der Waals surface area contributed by atoms with Crippen LogP contribution in [-0.4, -0.2) is 15.9 Å². The van der Waals surface area contributed by atoms with Crippen molar-refractivity contribution in [1.29, 1.82) is 0 Å². The molecule has 0 spiro atoms. The van der Waals surface area contributed by atoms with Gasteiger partial charge in [0.25, 0.3) is 0 Å². The first-order valence-electron chi connectivity index (χ1n) is 6.72. The Morgan fingerprint density at radius 2 is 2.35 bits per heavy atom. The molecule has 0 fully saturated rings. The number of halogens is 1. The normalized spacial score (nSPS) is 17.6. The van der Waals surface area contributed by atoms with Gasteiger partial charge in [0.1, 0.15) is 11.6 Å². The molecule has 0 aliphatic heterocycles. The van der Waals surface area contributed by atoms with Crippen LogP contribution in [-0.2, 0) is 17.6 Å². The second-order valence-corrected chi connectivity index (χ2v) is 5.19. The first kappa shape index (κ1) is 12.8. The number of aromatic amines is 1. The van der Waals surface area contributed by atoms with Gasteiger partial charge < -0.3 is 10.3 Å². The molecule has 5 heteroatoms. The van der Waals surface area contributed by atoms with E-state index in [-0.39, 0.29) is 17.6 Å². The third-order valence-electron chi connectivity index (χ3n) is 3.63. The molecule has 1 aliphatic carbocycles. The number of rotatable bonds is 2. The van der Waals surface area contributed by atoms with Gasteiger partial charge in [0.15, 0.2) is 0 Å². The molecule has 0 saturated carbocycles. The number of anilines is 1. The summed E-state index contributed by atoms with van der Waals surface area (Å²) >= 11 is 0. The monoisotopic (exact) mass is 273 g/mol. The Bertz CT molecular complexity index is 650. The Morgan fingerprint density at radius 1 is 1.50 bits per heavy atom. The summed E-state index contributed by atoms with van der Waals surface area (Å²) in [5, 5.41) is 2.78. The summed E-state index contributed by atoms with van der Waals surface area (Å²) in [6.45, 7) is 1.92. The third-order valence-corrected chi connectivity index (χ3v) is 3.63. The average molecular weight is 273 g/mol. The molecule has 1 aromatic carbocycles. The van der Waals surface area contributed by atoms with E-state index in [1.807, 2.05) is 6.92 Å². The maximum absolute atomic E-state index is 13.1. The molecule has 0 saturated heterocycles. The molecular weight excluding hydrogens is 257 g/mol. The molecule has 3 rings (SSSR count). The van der Waals surface area contributed by atoms with Crippen LogP contribution in [0.15, 0.2) is 24.3 Å². The van der Waals surface area contributed by atoms with E-state index in [1.54, 1.807) is 12.1 Å². The van der Waals surface area contributed by atoms with E-state index in [9.17, 15) is 9.18 Å². The zero-order chi connectivity index (χ0) is 14.1. The number of nitrogens with one attached hydrogen (secondary N) is 2. The summed E-state index contributed by atoms with van der Waals surface area (Å²) < 4.78 is 13.1. The number of nitrogens with zero attached hydrogens (tertiary/aromatic N) is 1. The number of amides is 1. The average Bonchev–Trinajstić information content (AvgIpc) is 2.77. The van der Waals surface area contributed by atoms with Crippen LogP contribution in [0.25, 0.3) is 0 Å². The van der Waals surface area contributed by atoms with Crippen molar-refractivity contribution < 1.29 is 9.18 Å². The number of hydrogen-bond donors (Lipinski definition) is 2. The van der Waals surface area contributed by atoms with E-state index in [0.717, 1.165) is 30.1 Å². The minimum absolute atomic E-state index is 0.0616. The lowest BCUT2D eigenvalue weighted by Gasteiger charge is -2.20. The van der Waals surface area contributed by atoms with Crippen molar-refractivity contribution in [3.8, 4) is 0 Å². The van der Waals surface area contributed by atoms with Gasteiger partial charge in [0.2, 0.25) is 5.91 Å². The lowest BCUT2D eigenvalue weighted by atomic mass is 9.89. The Balaban J connectivity index is 1.70. The number of hydrogen-bond acceptors (Lipinski definition) is 2. The van der Waals surface area contributed by atoms with Crippen molar-refractivity contribution >= 4 is 11.6 Å². The molecule has 1 unspecified atom stereocenters. The van der Waals surface area contributed by atoms with Crippen molar-refractivity contribution in [3.05, 3.63) is 47.3 Å². The molecule has 1 atom stereocenters. The van der Waals surface area contributed by atoms with Gasteiger partial charge in [-0.25, -0.2) is 9.37 Å². The standard InChI is InChI=1S/C15H16FN3O/c1-9-17-13-6-5-10(7-14(13)18-9)15(20)19-12-4-2-3-11(16)8-12/h2-4,8,10H,5-7H2,1H3,(H,17,18)(H,19,20). The molecule has 20 heavy (non-hydrogen) atoms. The summed E-state index contributed by atoms with van der Waals surface area (Å²) in [4.78, 5) is 19.8. The molecule has 0 bridgehead atoms. The number of H-pyrrole nitrogens is 1. The second-order valence-electron chi connectivity index (χ2n) is 5.19. The van der Waals surface area contributed by atoms with Gasteiger partial charge in [0, 0.05) is 23.7 Å². The SMILES string of the molecule is Cc1nc2c([nH]1)CC(C(=O)Nc1cccc(F)c1)CC2. The van der Waals surface area contributed by atoms with Crippen LogP contribution in [0.1, 0.15) is 23.6 Å². The van der Waals surface area contributed by atoms with Crippen molar-refractivity contribution in [3.63, 3.8) is 0 Å². The van der Waals surface area contributed by atoms with Crippen LogP contribution >= 0.6 is 0 Å². The van der Waals surface area contributed by atoms with E-state index in [2.05, 4.69) is 15.3 Å². The van der Waals surface area contributed by atoms with Crippen LogP contribution in [0, 0.1) is 18.7 Å². The summed E-state index contributed by atoms with van der Waals surface area (Å²) in [5.74, 6) is 0.387. The highest BCUT2D eigenvalue weighted by molar-refractivity contribution is 5.92. The maximum atomic E-state index is 13.1. The predicted molar refractivity (Wildman–Crippen MR) is 73.9 cm³/mol. The maximum Gasteiger partial charge on any atom is 0.227 e. The van der Waals surface area contributed by atoms with Gasteiger partial charge in [-0.3, -0.25) is 4.79 Å². The smallest absolute Gasteiger partial charge is 0.227 e. The molecule has 2 N–H and O–H groups in total. The molecule has 1 aromatic heterocycles. The van der Waals surface area contributed by atoms with E-state index >= 15 is 0 Å². The Morgan fingerprint density at radius 3 is 3.15 bits per heavy atom. The Hall–Kier alpha value is -2.17. The fourth-order valence-electron chi connectivity index (χ4n) is 2.66.